The molecule has 1 aliphatic carbocycles. The van der Waals surface area contributed by atoms with Crippen LogP contribution in [0.3, 0.4) is 0 Å². The van der Waals surface area contributed by atoms with E-state index in [9.17, 15) is 14.7 Å². The molecular weight excluding hydrogens is 318 g/mol. The number of benzene rings is 1. The zero-order chi connectivity index (χ0) is 17.9. The van der Waals surface area contributed by atoms with Crippen molar-refractivity contribution in [3.05, 3.63) is 42.5 Å². The number of imide groups is 1. The van der Waals surface area contributed by atoms with Crippen molar-refractivity contribution in [2.24, 2.45) is 5.41 Å². The molecule has 0 radical (unpaired) electrons. The second-order valence-corrected chi connectivity index (χ2v) is 7.04. The Balaban J connectivity index is 1.58. The molecule has 1 saturated carbocycles. The van der Waals surface area contributed by atoms with E-state index in [1.54, 1.807) is 6.08 Å². The summed E-state index contributed by atoms with van der Waals surface area (Å²) in [5, 5.41) is 10.3. The lowest BCUT2D eigenvalue weighted by Crippen LogP contribution is -2.41. The van der Waals surface area contributed by atoms with Crippen LogP contribution < -0.4 is 4.74 Å². The van der Waals surface area contributed by atoms with Crippen molar-refractivity contribution in [2.45, 2.75) is 44.6 Å². The Morgan fingerprint density at radius 2 is 2.00 bits per heavy atom. The van der Waals surface area contributed by atoms with Gasteiger partial charge in [0, 0.05) is 6.42 Å². The lowest BCUT2D eigenvalue weighted by molar-refractivity contribution is -0.143. The van der Waals surface area contributed by atoms with E-state index in [0.717, 1.165) is 31.2 Å². The number of carbonyl (C=O) groups excluding carboxylic acids is 2. The summed E-state index contributed by atoms with van der Waals surface area (Å²) in [6, 6.07) is 7.57. The largest absolute Gasteiger partial charge is 0.491 e. The molecule has 1 atom stereocenters. The average molecular weight is 343 g/mol. The predicted octanol–water partition coefficient (Wildman–Crippen LogP) is 2.47. The monoisotopic (exact) mass is 343 g/mol. The maximum absolute atomic E-state index is 12.6. The van der Waals surface area contributed by atoms with Gasteiger partial charge < -0.3 is 9.84 Å². The fraction of sp³-hybridized carbons (Fsp3) is 0.500. The third-order valence-corrected chi connectivity index (χ3v) is 5.21. The number of ether oxygens (including phenoxy) is 1. The number of rotatable bonds is 7. The van der Waals surface area contributed by atoms with E-state index in [1.165, 1.54) is 4.90 Å². The maximum Gasteiger partial charge on any atom is 0.235 e. The Bertz CT molecular complexity index is 663. The third-order valence-electron chi connectivity index (χ3n) is 5.21. The molecule has 1 aromatic rings. The quantitative estimate of drug-likeness (QED) is 0.610. The first-order valence-electron chi connectivity index (χ1n) is 8.90. The molecule has 2 fully saturated rings. The lowest BCUT2D eigenvalue weighted by Gasteiger charge is -2.23. The van der Waals surface area contributed by atoms with Gasteiger partial charge in [0.15, 0.2) is 0 Å². The van der Waals surface area contributed by atoms with Crippen molar-refractivity contribution in [3.63, 3.8) is 0 Å². The molecule has 5 nitrogen and oxygen atoms in total. The van der Waals surface area contributed by atoms with Gasteiger partial charge in [0.05, 0.1) is 12.0 Å². The van der Waals surface area contributed by atoms with E-state index in [2.05, 4.69) is 6.58 Å². The Labute approximate surface area is 148 Å². The fourth-order valence-electron chi connectivity index (χ4n) is 3.91. The van der Waals surface area contributed by atoms with Crippen molar-refractivity contribution < 1.29 is 19.4 Å². The molecular formula is C20H25NO4. The van der Waals surface area contributed by atoms with Crippen LogP contribution in [0.2, 0.25) is 0 Å². The fourth-order valence-corrected chi connectivity index (χ4v) is 3.91. The number of para-hydroxylation sites is 1. The molecule has 1 spiro atoms. The van der Waals surface area contributed by atoms with Gasteiger partial charge in [-0.1, -0.05) is 37.1 Å². The number of hydrogen-bond acceptors (Lipinski definition) is 4. The Morgan fingerprint density at radius 3 is 2.72 bits per heavy atom. The van der Waals surface area contributed by atoms with Crippen LogP contribution in [0.1, 0.15) is 37.7 Å². The minimum absolute atomic E-state index is 0.00302. The van der Waals surface area contributed by atoms with Gasteiger partial charge >= 0.3 is 0 Å². The average Bonchev–Trinajstić information content (AvgIpc) is 3.15. The number of amides is 2. The van der Waals surface area contributed by atoms with Gasteiger partial charge in [0.1, 0.15) is 18.5 Å². The van der Waals surface area contributed by atoms with Gasteiger partial charge in [-0.2, -0.15) is 0 Å². The molecule has 1 aromatic carbocycles. The summed E-state index contributed by atoms with van der Waals surface area (Å²) >= 11 is 0. The number of β-amino-alcohol motifs (C(OH)–C–C–N with tert-alkyl or cyclic N) is 1. The normalized spacial score (nSPS) is 20.3. The highest BCUT2D eigenvalue weighted by Crippen LogP contribution is 2.46. The van der Waals surface area contributed by atoms with E-state index in [0.29, 0.717) is 18.6 Å². The number of aliphatic hydroxyl groups is 1. The number of likely N-dealkylation sites (tertiary alicyclic amines) is 1. The summed E-state index contributed by atoms with van der Waals surface area (Å²) in [6.45, 7) is 3.77. The van der Waals surface area contributed by atoms with Crippen LogP contribution in [0.4, 0.5) is 0 Å². The van der Waals surface area contributed by atoms with Gasteiger partial charge in [-0.25, -0.2) is 0 Å². The van der Waals surface area contributed by atoms with E-state index in [1.807, 2.05) is 24.3 Å². The van der Waals surface area contributed by atoms with Gasteiger partial charge in [-0.05, 0) is 30.9 Å². The van der Waals surface area contributed by atoms with Gasteiger partial charge in [-0.3, -0.25) is 14.5 Å². The molecule has 0 bridgehead atoms. The van der Waals surface area contributed by atoms with Crippen molar-refractivity contribution in [1.82, 2.24) is 4.90 Å². The summed E-state index contributed by atoms with van der Waals surface area (Å²) in [4.78, 5) is 26.1. The third kappa shape index (κ3) is 3.61. The van der Waals surface area contributed by atoms with Crippen molar-refractivity contribution in [3.8, 4) is 5.75 Å². The summed E-state index contributed by atoms with van der Waals surface area (Å²) < 4.78 is 5.70. The summed E-state index contributed by atoms with van der Waals surface area (Å²) in [5.41, 5.74) is 0.497. The number of hydrogen-bond donors (Lipinski definition) is 1. The van der Waals surface area contributed by atoms with E-state index in [4.69, 9.17) is 4.74 Å². The first kappa shape index (κ1) is 17.7. The minimum Gasteiger partial charge on any atom is -0.491 e. The zero-order valence-corrected chi connectivity index (χ0v) is 14.4. The molecule has 1 saturated heterocycles. The molecule has 1 aliphatic heterocycles. The van der Waals surface area contributed by atoms with Gasteiger partial charge in [0.25, 0.3) is 0 Å². The van der Waals surface area contributed by atoms with Crippen LogP contribution in [-0.4, -0.2) is 41.1 Å². The highest BCUT2D eigenvalue weighted by molar-refractivity contribution is 6.06. The molecule has 3 rings (SSSR count). The maximum atomic E-state index is 12.6. The second-order valence-electron chi connectivity index (χ2n) is 7.04. The molecule has 5 heteroatoms. The van der Waals surface area contributed by atoms with E-state index < -0.39 is 11.5 Å². The summed E-state index contributed by atoms with van der Waals surface area (Å²) in [6.07, 6.45) is 5.43. The van der Waals surface area contributed by atoms with Crippen LogP contribution in [0.25, 0.3) is 0 Å². The Kier molecular flexibility index (Phi) is 5.23. The van der Waals surface area contributed by atoms with Crippen molar-refractivity contribution in [1.29, 1.82) is 0 Å². The molecule has 2 aliphatic rings. The van der Waals surface area contributed by atoms with E-state index in [-0.39, 0.29) is 25.0 Å². The summed E-state index contributed by atoms with van der Waals surface area (Å²) in [7, 11) is 0. The smallest absolute Gasteiger partial charge is 0.235 e. The van der Waals surface area contributed by atoms with Gasteiger partial charge in [-0.15, -0.1) is 6.58 Å². The molecule has 1 heterocycles. The molecule has 134 valence electrons. The Morgan fingerprint density at radius 1 is 1.28 bits per heavy atom. The molecule has 0 aromatic heterocycles. The first-order valence-corrected chi connectivity index (χ1v) is 8.90. The topological polar surface area (TPSA) is 66.8 Å². The predicted molar refractivity (Wildman–Crippen MR) is 94.1 cm³/mol. The minimum atomic E-state index is -0.902. The van der Waals surface area contributed by atoms with Crippen LogP contribution in [0.15, 0.2) is 36.9 Å². The number of allylic oxidation sites excluding steroid dienone is 1. The number of aliphatic hydroxyl groups excluding tert-OH is 1. The standard InChI is InChI=1S/C20H25NO4/c1-2-7-15-8-3-4-9-17(15)25-14-16(22)13-21-18(23)12-20(19(21)24)10-5-6-11-20/h2-4,8-9,16,22H,1,5-7,10-14H2. The molecule has 25 heavy (non-hydrogen) atoms. The van der Waals surface area contributed by atoms with E-state index >= 15 is 0 Å². The van der Waals surface area contributed by atoms with Gasteiger partial charge in [0.2, 0.25) is 11.8 Å². The Hall–Kier alpha value is -2.14. The molecule has 1 N–H and O–H groups in total. The SMILES string of the molecule is C=CCc1ccccc1OCC(O)CN1C(=O)CC2(CCCC2)C1=O. The second kappa shape index (κ2) is 7.40. The van der Waals surface area contributed by atoms with Crippen LogP contribution >= 0.6 is 0 Å². The summed E-state index contributed by atoms with van der Waals surface area (Å²) in [5.74, 6) is 0.409. The molecule has 2 amide bonds. The number of carbonyl (C=O) groups is 2. The highest BCUT2D eigenvalue weighted by Gasteiger charge is 2.52. The first-order chi connectivity index (χ1) is 12.1. The molecule has 1 unspecified atom stereocenters. The zero-order valence-electron chi connectivity index (χ0n) is 14.4. The number of nitrogens with zero attached hydrogens (tertiary/aromatic N) is 1. The lowest BCUT2D eigenvalue weighted by atomic mass is 9.84. The van der Waals surface area contributed by atoms with Crippen molar-refractivity contribution >= 4 is 11.8 Å². The van der Waals surface area contributed by atoms with Crippen LogP contribution in [0.5, 0.6) is 5.75 Å². The van der Waals surface area contributed by atoms with Crippen LogP contribution in [0, 0.1) is 5.41 Å². The highest BCUT2D eigenvalue weighted by atomic mass is 16.5. The van der Waals surface area contributed by atoms with Crippen molar-refractivity contribution in [2.75, 3.05) is 13.2 Å². The van der Waals surface area contributed by atoms with Crippen LogP contribution in [-0.2, 0) is 16.0 Å².